The molecule has 128 valence electrons. The SMILES string of the molecule is CON(C)C(=O)[C@H](Cc1cccc(Br)c1)NC(=O)OC(C)(C)C. The molecule has 0 radical (unpaired) electrons. The molecule has 0 aliphatic heterocycles. The van der Waals surface area contributed by atoms with Gasteiger partial charge in [-0.25, -0.2) is 9.86 Å². The highest BCUT2D eigenvalue weighted by Crippen LogP contribution is 2.14. The molecule has 6 nitrogen and oxygen atoms in total. The molecule has 1 rings (SSSR count). The maximum atomic E-state index is 12.4. The van der Waals surface area contributed by atoms with Crippen molar-refractivity contribution in [2.24, 2.45) is 0 Å². The predicted octanol–water partition coefficient (Wildman–Crippen LogP) is 2.90. The molecule has 1 atom stereocenters. The van der Waals surface area contributed by atoms with Gasteiger partial charge in [-0.2, -0.15) is 0 Å². The number of carbonyl (C=O) groups is 2. The summed E-state index contributed by atoms with van der Waals surface area (Å²) in [6.07, 6.45) is -0.319. The van der Waals surface area contributed by atoms with E-state index >= 15 is 0 Å². The van der Waals surface area contributed by atoms with E-state index in [0.29, 0.717) is 6.42 Å². The highest BCUT2D eigenvalue weighted by molar-refractivity contribution is 9.10. The van der Waals surface area contributed by atoms with Gasteiger partial charge in [0, 0.05) is 17.9 Å². The quantitative estimate of drug-likeness (QED) is 0.789. The van der Waals surface area contributed by atoms with Crippen molar-refractivity contribution in [1.82, 2.24) is 10.4 Å². The van der Waals surface area contributed by atoms with Gasteiger partial charge in [-0.1, -0.05) is 28.1 Å². The molecular weight excluding hydrogens is 364 g/mol. The largest absolute Gasteiger partial charge is 0.444 e. The summed E-state index contributed by atoms with van der Waals surface area (Å²) in [6, 6.07) is 6.75. The van der Waals surface area contributed by atoms with E-state index in [-0.39, 0.29) is 5.91 Å². The van der Waals surface area contributed by atoms with Crippen LogP contribution in [0.3, 0.4) is 0 Å². The van der Waals surface area contributed by atoms with Crippen molar-refractivity contribution in [3.8, 4) is 0 Å². The van der Waals surface area contributed by atoms with E-state index in [1.807, 2.05) is 24.3 Å². The number of halogens is 1. The Kier molecular flexibility index (Phi) is 7.02. The number of ether oxygens (including phenoxy) is 1. The second kappa shape index (κ2) is 8.31. The molecule has 0 saturated carbocycles. The van der Waals surface area contributed by atoms with E-state index in [1.165, 1.54) is 14.2 Å². The fourth-order valence-electron chi connectivity index (χ4n) is 1.86. The first-order valence-electron chi connectivity index (χ1n) is 7.18. The monoisotopic (exact) mass is 386 g/mol. The van der Waals surface area contributed by atoms with Crippen LogP contribution in [0.25, 0.3) is 0 Å². The fourth-order valence-corrected chi connectivity index (χ4v) is 2.31. The summed E-state index contributed by atoms with van der Waals surface area (Å²) in [5.41, 5.74) is 0.263. The van der Waals surface area contributed by atoms with Gasteiger partial charge in [-0.3, -0.25) is 9.63 Å². The van der Waals surface area contributed by atoms with Crippen molar-refractivity contribution in [2.75, 3.05) is 14.2 Å². The van der Waals surface area contributed by atoms with Crippen LogP contribution in [0.15, 0.2) is 28.7 Å². The first-order valence-corrected chi connectivity index (χ1v) is 7.97. The normalized spacial score (nSPS) is 12.4. The lowest BCUT2D eigenvalue weighted by Crippen LogP contribution is -2.49. The second-order valence-corrected chi connectivity index (χ2v) is 6.97. The van der Waals surface area contributed by atoms with Gasteiger partial charge in [0.25, 0.3) is 5.91 Å². The van der Waals surface area contributed by atoms with Gasteiger partial charge in [0.1, 0.15) is 11.6 Å². The molecule has 0 saturated heterocycles. The van der Waals surface area contributed by atoms with E-state index in [4.69, 9.17) is 9.57 Å². The van der Waals surface area contributed by atoms with Gasteiger partial charge in [0.2, 0.25) is 0 Å². The van der Waals surface area contributed by atoms with Crippen LogP contribution in [0.5, 0.6) is 0 Å². The maximum Gasteiger partial charge on any atom is 0.408 e. The Morgan fingerprint density at radius 1 is 1.35 bits per heavy atom. The highest BCUT2D eigenvalue weighted by atomic mass is 79.9. The number of alkyl carbamates (subject to hydrolysis) is 1. The number of nitrogens with one attached hydrogen (secondary N) is 1. The molecule has 1 N–H and O–H groups in total. The summed E-state index contributed by atoms with van der Waals surface area (Å²) in [5, 5.41) is 3.69. The van der Waals surface area contributed by atoms with Gasteiger partial charge in [-0.05, 0) is 38.5 Å². The van der Waals surface area contributed by atoms with E-state index in [1.54, 1.807) is 20.8 Å². The zero-order valence-corrected chi connectivity index (χ0v) is 15.6. The summed E-state index contributed by atoms with van der Waals surface area (Å²) >= 11 is 3.39. The van der Waals surface area contributed by atoms with E-state index < -0.39 is 17.7 Å². The zero-order valence-electron chi connectivity index (χ0n) is 14.1. The zero-order chi connectivity index (χ0) is 17.6. The molecule has 2 amide bonds. The average Bonchev–Trinajstić information content (AvgIpc) is 2.43. The van der Waals surface area contributed by atoms with Gasteiger partial charge in [-0.15, -0.1) is 0 Å². The van der Waals surface area contributed by atoms with Crippen LogP contribution in [0.4, 0.5) is 4.79 Å². The van der Waals surface area contributed by atoms with Gasteiger partial charge < -0.3 is 10.1 Å². The van der Waals surface area contributed by atoms with Gasteiger partial charge in [0.05, 0.1) is 7.11 Å². The first kappa shape index (κ1) is 19.4. The molecule has 0 fully saturated rings. The van der Waals surface area contributed by atoms with Crippen molar-refractivity contribution in [3.63, 3.8) is 0 Å². The number of carbonyl (C=O) groups excluding carboxylic acids is 2. The molecule has 7 heteroatoms. The van der Waals surface area contributed by atoms with E-state index in [2.05, 4.69) is 21.2 Å². The van der Waals surface area contributed by atoms with Crippen molar-refractivity contribution in [1.29, 1.82) is 0 Å². The Morgan fingerprint density at radius 2 is 2.00 bits per heavy atom. The average molecular weight is 387 g/mol. The number of amides is 2. The predicted molar refractivity (Wildman–Crippen MR) is 90.8 cm³/mol. The molecule has 0 aliphatic carbocycles. The minimum Gasteiger partial charge on any atom is -0.444 e. The molecule has 0 aromatic heterocycles. The topological polar surface area (TPSA) is 67.9 Å². The summed E-state index contributed by atoms with van der Waals surface area (Å²) < 4.78 is 6.12. The van der Waals surface area contributed by atoms with Crippen LogP contribution >= 0.6 is 15.9 Å². The Morgan fingerprint density at radius 3 is 2.52 bits per heavy atom. The number of likely N-dealkylation sites (N-methyl/N-ethyl adjacent to an activating group) is 1. The van der Waals surface area contributed by atoms with E-state index in [0.717, 1.165) is 15.1 Å². The molecule has 1 aromatic carbocycles. The summed E-state index contributed by atoms with van der Waals surface area (Å²) in [7, 11) is 2.88. The van der Waals surface area contributed by atoms with Crippen LogP contribution in [0.2, 0.25) is 0 Å². The van der Waals surface area contributed by atoms with Crippen molar-refractivity contribution < 1.29 is 19.2 Å². The molecule has 23 heavy (non-hydrogen) atoms. The minimum atomic E-state index is -0.788. The van der Waals surface area contributed by atoms with Crippen LogP contribution in [0.1, 0.15) is 26.3 Å². The number of rotatable bonds is 5. The smallest absolute Gasteiger partial charge is 0.408 e. The minimum absolute atomic E-state index is 0.325. The van der Waals surface area contributed by atoms with Crippen molar-refractivity contribution >= 4 is 27.9 Å². The van der Waals surface area contributed by atoms with Crippen LogP contribution < -0.4 is 5.32 Å². The number of hydrogen-bond acceptors (Lipinski definition) is 4. The summed E-state index contributed by atoms with van der Waals surface area (Å²) in [4.78, 5) is 29.3. The molecule has 1 aromatic rings. The third kappa shape index (κ3) is 7.00. The maximum absolute atomic E-state index is 12.4. The molecule has 0 bridgehead atoms. The molecule has 0 unspecified atom stereocenters. The molecular formula is C16H23BrN2O4. The number of hydroxylamine groups is 2. The Hall–Kier alpha value is -1.60. The fraction of sp³-hybridized carbons (Fsp3) is 0.500. The van der Waals surface area contributed by atoms with Crippen LogP contribution in [-0.2, 0) is 20.8 Å². The number of hydrogen-bond donors (Lipinski definition) is 1. The van der Waals surface area contributed by atoms with Gasteiger partial charge in [0.15, 0.2) is 0 Å². The standard InChI is InChI=1S/C16H23BrN2O4/c1-16(2,3)23-15(21)18-13(14(20)19(4)22-5)10-11-7-6-8-12(17)9-11/h6-9,13H,10H2,1-5H3,(H,18,21)/t13-/m0/s1. The first-order chi connectivity index (χ1) is 10.6. The van der Waals surface area contributed by atoms with Crippen molar-refractivity contribution in [2.45, 2.75) is 38.8 Å². The lowest BCUT2D eigenvalue weighted by molar-refractivity contribution is -0.171. The van der Waals surface area contributed by atoms with E-state index in [9.17, 15) is 9.59 Å². The summed E-state index contributed by atoms with van der Waals surface area (Å²) in [5.74, 6) is -0.363. The number of nitrogens with zero attached hydrogens (tertiary/aromatic N) is 1. The van der Waals surface area contributed by atoms with Crippen molar-refractivity contribution in [3.05, 3.63) is 34.3 Å². The van der Waals surface area contributed by atoms with Crippen LogP contribution in [0, 0.1) is 0 Å². The lowest BCUT2D eigenvalue weighted by atomic mass is 10.1. The number of benzene rings is 1. The Balaban J connectivity index is 2.89. The third-order valence-electron chi connectivity index (χ3n) is 2.90. The molecule has 0 heterocycles. The highest BCUT2D eigenvalue weighted by Gasteiger charge is 2.27. The Labute approximate surface area is 145 Å². The van der Waals surface area contributed by atoms with Crippen LogP contribution in [-0.4, -0.2) is 42.9 Å². The molecule has 0 spiro atoms. The second-order valence-electron chi connectivity index (χ2n) is 6.05. The molecule has 0 aliphatic rings. The third-order valence-corrected chi connectivity index (χ3v) is 3.40. The summed E-state index contributed by atoms with van der Waals surface area (Å²) in [6.45, 7) is 5.29. The lowest BCUT2D eigenvalue weighted by Gasteiger charge is -2.25. The van der Waals surface area contributed by atoms with Gasteiger partial charge >= 0.3 is 6.09 Å². The Bertz CT molecular complexity index is 557.